The van der Waals surface area contributed by atoms with Crippen LogP contribution in [0.3, 0.4) is 0 Å². The van der Waals surface area contributed by atoms with Gasteiger partial charge in [-0.05, 0) is 88.8 Å². The van der Waals surface area contributed by atoms with Crippen LogP contribution in [0.2, 0.25) is 19.6 Å². The summed E-state index contributed by atoms with van der Waals surface area (Å²) < 4.78 is 12.4. The van der Waals surface area contributed by atoms with E-state index in [0.29, 0.717) is 6.79 Å². The van der Waals surface area contributed by atoms with Crippen LogP contribution < -0.4 is 10.4 Å². The first-order chi connectivity index (χ1) is 15.3. The molecule has 1 atom stereocenters. The van der Waals surface area contributed by atoms with Crippen molar-refractivity contribution in [1.82, 2.24) is 0 Å². The summed E-state index contributed by atoms with van der Waals surface area (Å²) in [5.74, 6) is 1.03. The van der Waals surface area contributed by atoms with Gasteiger partial charge in [-0.3, -0.25) is 0 Å². The van der Waals surface area contributed by atoms with Gasteiger partial charge in [-0.1, -0.05) is 66.2 Å². The fraction of sp³-hybridized carbons (Fsp3) is 0.241. The van der Waals surface area contributed by atoms with Crippen LogP contribution in [-0.4, -0.2) is 15.1 Å². The molecule has 0 saturated carbocycles. The molecule has 3 aromatic rings. The Morgan fingerprint density at radius 2 is 1.59 bits per heavy atom. The quantitative estimate of drug-likeness (QED) is 0.297. The van der Waals surface area contributed by atoms with Gasteiger partial charge in [-0.25, -0.2) is 0 Å². The van der Waals surface area contributed by atoms with Crippen molar-refractivity contribution < 1.29 is 9.16 Å². The van der Waals surface area contributed by atoms with Gasteiger partial charge in [-0.2, -0.15) is 0 Å². The number of hydrogen-bond acceptors (Lipinski definition) is 2. The van der Waals surface area contributed by atoms with Gasteiger partial charge < -0.3 is 9.16 Å². The summed E-state index contributed by atoms with van der Waals surface area (Å²) in [6.07, 6.45) is 4.55. The highest BCUT2D eigenvalue weighted by molar-refractivity contribution is 6.69. The van der Waals surface area contributed by atoms with E-state index < -0.39 is 8.32 Å². The molecule has 0 radical (unpaired) electrons. The fourth-order valence-electron chi connectivity index (χ4n) is 4.79. The number of benzene rings is 3. The zero-order valence-electron chi connectivity index (χ0n) is 19.5. The van der Waals surface area contributed by atoms with Gasteiger partial charge in [0.25, 0.3) is 0 Å². The van der Waals surface area contributed by atoms with E-state index in [2.05, 4.69) is 106 Å². The van der Waals surface area contributed by atoms with Gasteiger partial charge in [0.05, 0.1) is 5.92 Å². The summed E-state index contributed by atoms with van der Waals surface area (Å²) in [6.45, 7) is 11.3. The van der Waals surface area contributed by atoms with Gasteiger partial charge in [0, 0.05) is 0 Å². The molecule has 3 heteroatoms. The lowest BCUT2D eigenvalue weighted by molar-refractivity contribution is 0.0523. The average Bonchev–Trinajstić information content (AvgIpc) is 3.30. The van der Waals surface area contributed by atoms with Gasteiger partial charge >= 0.3 is 0 Å². The Kier molecular flexibility index (Phi) is 5.19. The van der Waals surface area contributed by atoms with Crippen LogP contribution >= 0.6 is 0 Å². The van der Waals surface area contributed by atoms with E-state index in [1.54, 1.807) is 0 Å². The third-order valence-corrected chi connectivity index (χ3v) is 7.26. The predicted molar refractivity (Wildman–Crippen MR) is 135 cm³/mol. The van der Waals surface area contributed by atoms with E-state index in [9.17, 15) is 0 Å². The smallest absolute Gasteiger partial charge is 0.188 e. The second-order valence-electron chi connectivity index (χ2n) is 9.85. The lowest BCUT2D eigenvalue weighted by Crippen LogP contribution is -2.27. The molecule has 0 saturated heterocycles. The molecule has 2 aliphatic carbocycles. The van der Waals surface area contributed by atoms with Crippen molar-refractivity contribution in [3.05, 3.63) is 110 Å². The molecule has 2 aliphatic rings. The minimum Gasteiger partial charge on any atom is -0.472 e. The Labute approximate surface area is 191 Å². The van der Waals surface area contributed by atoms with Crippen molar-refractivity contribution in [3.8, 4) is 0 Å². The van der Waals surface area contributed by atoms with Crippen molar-refractivity contribution in [2.75, 3.05) is 6.79 Å². The Bertz CT molecular complexity index is 1450. The average molecular weight is 439 g/mol. The van der Waals surface area contributed by atoms with Crippen molar-refractivity contribution >= 4 is 26.0 Å². The van der Waals surface area contributed by atoms with Crippen molar-refractivity contribution in [1.29, 1.82) is 0 Å². The Hall–Kier alpha value is -2.88. The standard InChI is InChI=1S/C29H30O2Si/c1-19(2)22-14-15-25-23-12-8-6-10-20(23)16-26(25)28(22)29-24-13-9-7-11-21(24)17-27(29)30-18-31-32(3,4)5/h6-17,29H,18H2,1-5H3. The summed E-state index contributed by atoms with van der Waals surface area (Å²) in [7, 11) is -1.66. The Morgan fingerprint density at radius 1 is 0.844 bits per heavy atom. The molecule has 5 rings (SSSR count). The van der Waals surface area contributed by atoms with Crippen molar-refractivity contribution in [2.24, 2.45) is 0 Å². The molecule has 0 heterocycles. The number of allylic oxidation sites excluding steroid dienone is 1. The molecule has 1 unspecified atom stereocenters. The van der Waals surface area contributed by atoms with Crippen LogP contribution in [0.25, 0.3) is 17.7 Å². The van der Waals surface area contributed by atoms with Gasteiger partial charge in [-0.15, -0.1) is 0 Å². The highest BCUT2D eigenvalue weighted by atomic mass is 28.4. The SMILES string of the molecule is CC(C)=c1ccc2c(c1C1C(OCO[Si](C)(C)C)=Cc3ccccc31)C=c1ccccc1=2. The number of ether oxygens (including phenoxy) is 1. The van der Waals surface area contributed by atoms with Crippen molar-refractivity contribution in [3.63, 3.8) is 0 Å². The Balaban J connectivity index is 1.73. The van der Waals surface area contributed by atoms with Crippen LogP contribution in [-0.2, 0) is 9.16 Å². The van der Waals surface area contributed by atoms with Crippen molar-refractivity contribution in [2.45, 2.75) is 39.4 Å². The molecule has 0 aliphatic heterocycles. The zero-order chi connectivity index (χ0) is 22.5. The summed E-state index contributed by atoms with van der Waals surface area (Å²) in [5.41, 5.74) is 6.49. The fourth-order valence-corrected chi connectivity index (χ4v) is 5.20. The van der Waals surface area contributed by atoms with Crippen LogP contribution in [0.4, 0.5) is 0 Å². The van der Waals surface area contributed by atoms with Crippen LogP contribution in [0.15, 0.2) is 66.4 Å². The second-order valence-corrected chi connectivity index (χ2v) is 14.4. The van der Waals surface area contributed by atoms with Crippen LogP contribution in [0, 0.1) is 10.4 Å². The third kappa shape index (κ3) is 3.66. The van der Waals surface area contributed by atoms with E-state index in [0.717, 1.165) is 5.76 Å². The second kappa shape index (κ2) is 7.91. The molecule has 0 amide bonds. The highest BCUT2D eigenvalue weighted by Gasteiger charge is 2.31. The minimum atomic E-state index is -1.66. The Morgan fingerprint density at radius 3 is 2.38 bits per heavy atom. The summed E-state index contributed by atoms with van der Waals surface area (Å²) >= 11 is 0. The molecule has 3 aromatic carbocycles. The third-order valence-electron chi connectivity index (χ3n) is 6.27. The molecule has 0 spiro atoms. The predicted octanol–water partition coefficient (Wildman–Crippen LogP) is 5.62. The largest absolute Gasteiger partial charge is 0.472 e. The first-order valence-electron chi connectivity index (χ1n) is 11.3. The first-order valence-corrected chi connectivity index (χ1v) is 14.7. The maximum absolute atomic E-state index is 6.35. The van der Waals surface area contributed by atoms with E-state index in [1.807, 2.05) is 0 Å². The minimum absolute atomic E-state index is 0.0573. The lowest BCUT2D eigenvalue weighted by Gasteiger charge is -2.23. The van der Waals surface area contributed by atoms with Gasteiger partial charge in [0.2, 0.25) is 0 Å². The summed E-state index contributed by atoms with van der Waals surface area (Å²) in [6, 6.07) is 21.9. The van der Waals surface area contributed by atoms with E-state index in [-0.39, 0.29) is 5.92 Å². The molecule has 2 nitrogen and oxygen atoms in total. The maximum Gasteiger partial charge on any atom is 0.188 e. The monoisotopic (exact) mass is 438 g/mol. The number of rotatable bonds is 5. The lowest BCUT2D eigenvalue weighted by atomic mass is 9.86. The van der Waals surface area contributed by atoms with E-state index >= 15 is 0 Å². The zero-order valence-corrected chi connectivity index (χ0v) is 20.5. The molecule has 162 valence electrons. The normalized spacial score (nSPS) is 16.0. The highest BCUT2D eigenvalue weighted by Crippen LogP contribution is 2.42. The number of hydrogen-bond donors (Lipinski definition) is 0. The maximum atomic E-state index is 6.35. The summed E-state index contributed by atoms with van der Waals surface area (Å²) in [4.78, 5) is 0. The topological polar surface area (TPSA) is 18.5 Å². The van der Waals surface area contributed by atoms with Crippen LogP contribution in [0.1, 0.15) is 42.0 Å². The molecule has 0 aromatic heterocycles. The summed E-state index contributed by atoms with van der Waals surface area (Å²) in [5, 5.41) is 5.20. The van der Waals surface area contributed by atoms with E-state index in [1.165, 1.54) is 48.7 Å². The van der Waals surface area contributed by atoms with Crippen LogP contribution in [0.5, 0.6) is 0 Å². The van der Waals surface area contributed by atoms with Gasteiger partial charge in [0.1, 0.15) is 5.76 Å². The molecular weight excluding hydrogens is 408 g/mol. The molecule has 0 N–H and O–H groups in total. The molecule has 32 heavy (non-hydrogen) atoms. The first kappa shape index (κ1) is 21.0. The molecule has 0 bridgehead atoms. The van der Waals surface area contributed by atoms with Gasteiger partial charge in [0.15, 0.2) is 15.1 Å². The molecule has 0 fully saturated rings. The van der Waals surface area contributed by atoms with E-state index in [4.69, 9.17) is 9.16 Å². The molecular formula is C29H30O2Si. The number of fused-ring (bicyclic) bond motifs is 3.